The second kappa shape index (κ2) is 5.29. The molecule has 0 bridgehead atoms. The molecule has 1 aliphatic heterocycles. The number of hydrogen-bond donors (Lipinski definition) is 2. The van der Waals surface area contributed by atoms with Crippen LogP contribution in [0.2, 0.25) is 0 Å². The van der Waals surface area contributed by atoms with Gasteiger partial charge >= 0.3 is 0 Å². The third kappa shape index (κ3) is 2.58. The summed E-state index contributed by atoms with van der Waals surface area (Å²) in [6.07, 6.45) is 2.24. The van der Waals surface area contributed by atoms with Crippen LogP contribution in [0, 0.1) is 6.92 Å². The summed E-state index contributed by atoms with van der Waals surface area (Å²) in [5.74, 6) is 0.175. The molecule has 1 unspecified atom stereocenters. The Kier molecular flexibility index (Phi) is 3.75. The molecule has 98 valence electrons. The van der Waals surface area contributed by atoms with E-state index in [1.165, 1.54) is 0 Å². The molecule has 1 saturated heterocycles. The fourth-order valence-corrected chi connectivity index (χ4v) is 2.32. The van der Waals surface area contributed by atoms with Crippen molar-refractivity contribution in [3.8, 4) is 0 Å². The van der Waals surface area contributed by atoms with Crippen LogP contribution >= 0.6 is 0 Å². The largest absolute Gasteiger partial charge is 0.398 e. The molecular weight excluding hydrogens is 226 g/mol. The Morgan fingerprint density at radius 2 is 2.06 bits per heavy atom. The number of nitrogen functional groups attached to an aromatic ring is 1. The number of nitrogens with one attached hydrogen (secondary N) is 1. The fourth-order valence-electron chi connectivity index (χ4n) is 2.32. The van der Waals surface area contributed by atoms with E-state index >= 15 is 0 Å². The maximum atomic E-state index is 12.2. The molecule has 3 N–H and O–H groups in total. The van der Waals surface area contributed by atoms with Crippen LogP contribution < -0.4 is 11.1 Å². The Morgan fingerprint density at radius 1 is 1.39 bits per heavy atom. The van der Waals surface area contributed by atoms with Crippen molar-refractivity contribution in [1.82, 2.24) is 4.90 Å². The third-order valence-electron chi connectivity index (χ3n) is 3.54. The minimum Gasteiger partial charge on any atom is -0.398 e. The van der Waals surface area contributed by atoms with Crippen LogP contribution in [0.15, 0.2) is 18.2 Å². The average molecular weight is 247 g/mol. The lowest BCUT2D eigenvalue weighted by Crippen LogP contribution is -2.39. The molecule has 1 fully saturated rings. The normalized spacial score (nSPS) is 16.7. The number of carbonyl (C=O) groups excluding carboxylic acids is 1. The van der Waals surface area contributed by atoms with Gasteiger partial charge in [0, 0.05) is 24.5 Å². The summed E-state index contributed by atoms with van der Waals surface area (Å²) < 4.78 is 0. The van der Waals surface area contributed by atoms with Gasteiger partial charge in [-0.2, -0.15) is 0 Å². The predicted octanol–water partition coefficient (Wildman–Crippen LogP) is 2.00. The number of amides is 1. The highest BCUT2D eigenvalue weighted by molar-refractivity contribution is 5.85. The Bertz CT molecular complexity index is 439. The fraction of sp³-hybridized carbons (Fsp3) is 0.500. The molecule has 1 aromatic rings. The summed E-state index contributed by atoms with van der Waals surface area (Å²) >= 11 is 0. The summed E-state index contributed by atoms with van der Waals surface area (Å²) in [6.45, 7) is 5.65. The molecule has 1 amide bonds. The Labute approximate surface area is 108 Å². The van der Waals surface area contributed by atoms with Gasteiger partial charge in [-0.05, 0) is 44.4 Å². The number of nitrogens with two attached hydrogens (primary N) is 1. The lowest BCUT2D eigenvalue weighted by Gasteiger charge is -2.22. The highest BCUT2D eigenvalue weighted by Gasteiger charge is 2.23. The molecule has 1 heterocycles. The van der Waals surface area contributed by atoms with Crippen molar-refractivity contribution in [1.29, 1.82) is 0 Å². The van der Waals surface area contributed by atoms with E-state index in [1.807, 2.05) is 36.9 Å². The van der Waals surface area contributed by atoms with E-state index < -0.39 is 0 Å². The monoisotopic (exact) mass is 247 g/mol. The van der Waals surface area contributed by atoms with Crippen molar-refractivity contribution in [3.05, 3.63) is 23.8 Å². The van der Waals surface area contributed by atoms with Gasteiger partial charge in [-0.15, -0.1) is 0 Å². The van der Waals surface area contributed by atoms with Crippen LogP contribution in [-0.4, -0.2) is 29.9 Å². The number of carbonyl (C=O) groups is 1. The van der Waals surface area contributed by atoms with Gasteiger partial charge in [-0.25, -0.2) is 0 Å². The van der Waals surface area contributed by atoms with Crippen LogP contribution in [0.1, 0.15) is 25.3 Å². The van der Waals surface area contributed by atoms with Gasteiger partial charge in [0.05, 0.1) is 0 Å². The Hall–Kier alpha value is -1.71. The van der Waals surface area contributed by atoms with Gasteiger partial charge in [0.25, 0.3) is 0 Å². The highest BCUT2D eigenvalue weighted by atomic mass is 16.2. The molecule has 0 aliphatic carbocycles. The quantitative estimate of drug-likeness (QED) is 0.803. The number of anilines is 2. The first kappa shape index (κ1) is 12.7. The number of benzene rings is 1. The zero-order valence-electron chi connectivity index (χ0n) is 11.1. The van der Waals surface area contributed by atoms with E-state index in [0.717, 1.165) is 42.9 Å². The molecule has 1 aliphatic rings. The molecule has 1 aromatic carbocycles. The van der Waals surface area contributed by atoms with Crippen molar-refractivity contribution in [2.24, 2.45) is 0 Å². The Morgan fingerprint density at radius 3 is 2.72 bits per heavy atom. The minimum atomic E-state index is -0.205. The highest BCUT2D eigenvalue weighted by Crippen LogP contribution is 2.21. The van der Waals surface area contributed by atoms with Crippen molar-refractivity contribution >= 4 is 17.3 Å². The third-order valence-corrected chi connectivity index (χ3v) is 3.54. The topological polar surface area (TPSA) is 58.4 Å². The van der Waals surface area contributed by atoms with Crippen molar-refractivity contribution < 1.29 is 4.79 Å². The first-order valence-corrected chi connectivity index (χ1v) is 6.50. The lowest BCUT2D eigenvalue weighted by atomic mass is 10.1. The predicted molar refractivity (Wildman–Crippen MR) is 74.5 cm³/mol. The summed E-state index contributed by atoms with van der Waals surface area (Å²) in [5, 5.41) is 3.26. The zero-order chi connectivity index (χ0) is 13.1. The number of likely N-dealkylation sites (tertiary alicyclic amines) is 1. The van der Waals surface area contributed by atoms with Crippen molar-refractivity contribution in [3.63, 3.8) is 0 Å². The second-order valence-corrected chi connectivity index (χ2v) is 4.92. The standard InChI is InChI=1S/C14H21N3O/c1-10-12(15)6-5-7-13(10)16-11(2)14(18)17-8-3-4-9-17/h5-7,11,16H,3-4,8-9,15H2,1-2H3. The van der Waals surface area contributed by atoms with Gasteiger partial charge in [0.1, 0.15) is 6.04 Å². The maximum Gasteiger partial charge on any atom is 0.244 e. The van der Waals surface area contributed by atoms with Crippen LogP contribution in [0.4, 0.5) is 11.4 Å². The molecule has 2 rings (SSSR count). The van der Waals surface area contributed by atoms with E-state index in [1.54, 1.807) is 0 Å². The van der Waals surface area contributed by atoms with Gasteiger partial charge < -0.3 is 16.0 Å². The van der Waals surface area contributed by atoms with Crippen LogP contribution in [0.5, 0.6) is 0 Å². The lowest BCUT2D eigenvalue weighted by molar-refractivity contribution is -0.130. The molecule has 0 radical (unpaired) electrons. The van der Waals surface area contributed by atoms with E-state index in [4.69, 9.17) is 5.73 Å². The van der Waals surface area contributed by atoms with Gasteiger partial charge in [-0.3, -0.25) is 4.79 Å². The van der Waals surface area contributed by atoms with E-state index in [0.29, 0.717) is 0 Å². The van der Waals surface area contributed by atoms with E-state index in [-0.39, 0.29) is 11.9 Å². The van der Waals surface area contributed by atoms with E-state index in [9.17, 15) is 4.79 Å². The molecular formula is C14H21N3O. The summed E-state index contributed by atoms with van der Waals surface area (Å²) in [6, 6.07) is 5.52. The zero-order valence-corrected chi connectivity index (χ0v) is 11.1. The summed E-state index contributed by atoms with van der Waals surface area (Å²) in [7, 11) is 0. The van der Waals surface area contributed by atoms with Crippen LogP contribution in [0.3, 0.4) is 0 Å². The van der Waals surface area contributed by atoms with Gasteiger partial charge in [0.15, 0.2) is 0 Å². The Balaban J connectivity index is 2.04. The molecule has 4 heteroatoms. The smallest absolute Gasteiger partial charge is 0.244 e. The molecule has 0 saturated carbocycles. The van der Waals surface area contributed by atoms with Gasteiger partial charge in [-0.1, -0.05) is 6.07 Å². The summed E-state index contributed by atoms with van der Waals surface area (Å²) in [4.78, 5) is 14.1. The SMILES string of the molecule is Cc1c(N)cccc1NC(C)C(=O)N1CCCC1. The number of nitrogens with zero attached hydrogens (tertiary/aromatic N) is 1. The number of rotatable bonds is 3. The average Bonchev–Trinajstić information content (AvgIpc) is 2.87. The van der Waals surface area contributed by atoms with Crippen molar-refractivity contribution in [2.45, 2.75) is 32.7 Å². The number of hydrogen-bond acceptors (Lipinski definition) is 3. The molecule has 1 atom stereocenters. The minimum absolute atomic E-state index is 0.175. The van der Waals surface area contributed by atoms with Gasteiger partial charge in [0.2, 0.25) is 5.91 Å². The van der Waals surface area contributed by atoms with Crippen LogP contribution in [-0.2, 0) is 4.79 Å². The van der Waals surface area contributed by atoms with E-state index in [2.05, 4.69) is 5.32 Å². The van der Waals surface area contributed by atoms with Crippen molar-refractivity contribution in [2.75, 3.05) is 24.1 Å². The first-order valence-electron chi connectivity index (χ1n) is 6.50. The molecule has 0 spiro atoms. The van der Waals surface area contributed by atoms with Crippen LogP contribution in [0.25, 0.3) is 0 Å². The maximum absolute atomic E-state index is 12.2. The molecule has 4 nitrogen and oxygen atoms in total. The molecule has 18 heavy (non-hydrogen) atoms. The first-order chi connectivity index (χ1) is 8.59. The summed E-state index contributed by atoms with van der Waals surface area (Å²) in [5.41, 5.74) is 8.55. The second-order valence-electron chi connectivity index (χ2n) is 4.92. The molecule has 0 aromatic heterocycles.